The van der Waals surface area contributed by atoms with Crippen molar-refractivity contribution in [1.82, 2.24) is 4.57 Å². The fraction of sp³-hybridized carbons (Fsp3) is 0. The monoisotopic (exact) mass is 712 g/mol. The molecule has 1 heterocycles. The third-order valence-electron chi connectivity index (χ3n) is 11.4. The number of rotatable bonds is 6. The number of benzene rings is 10. The fourth-order valence-corrected chi connectivity index (χ4v) is 8.75. The van der Waals surface area contributed by atoms with Crippen LogP contribution < -0.4 is 4.90 Å². The predicted octanol–water partition coefficient (Wildman–Crippen LogP) is 15.0. The summed E-state index contributed by atoms with van der Waals surface area (Å²) in [4.78, 5) is 2.39. The Bertz CT molecular complexity index is 3140. The zero-order valence-corrected chi connectivity index (χ0v) is 30.7. The fourth-order valence-electron chi connectivity index (χ4n) is 8.75. The molecule has 0 saturated carbocycles. The van der Waals surface area contributed by atoms with Crippen LogP contribution in [-0.4, -0.2) is 4.57 Å². The van der Waals surface area contributed by atoms with E-state index in [0.717, 1.165) is 22.7 Å². The van der Waals surface area contributed by atoms with E-state index in [1.165, 1.54) is 76.4 Å². The van der Waals surface area contributed by atoms with Crippen molar-refractivity contribution in [3.63, 3.8) is 0 Å². The molecule has 0 fully saturated rings. The lowest BCUT2D eigenvalue weighted by Crippen LogP contribution is -2.10. The minimum atomic E-state index is 1.10. The minimum absolute atomic E-state index is 1.10. The van der Waals surface area contributed by atoms with Crippen molar-refractivity contribution < 1.29 is 0 Å². The van der Waals surface area contributed by atoms with Gasteiger partial charge in [0.1, 0.15) is 0 Å². The molecule has 262 valence electrons. The van der Waals surface area contributed by atoms with E-state index < -0.39 is 0 Å². The van der Waals surface area contributed by atoms with Gasteiger partial charge in [-0.2, -0.15) is 0 Å². The summed E-state index contributed by atoms with van der Waals surface area (Å²) in [7, 11) is 0. The van der Waals surface area contributed by atoms with Crippen molar-refractivity contribution in [3.05, 3.63) is 218 Å². The molecule has 56 heavy (non-hydrogen) atoms. The van der Waals surface area contributed by atoms with Gasteiger partial charge in [-0.1, -0.05) is 152 Å². The van der Waals surface area contributed by atoms with Gasteiger partial charge in [0.25, 0.3) is 0 Å². The van der Waals surface area contributed by atoms with E-state index in [-0.39, 0.29) is 0 Å². The van der Waals surface area contributed by atoms with Crippen LogP contribution in [0.2, 0.25) is 0 Å². The number of aromatic nitrogens is 1. The Hall–Kier alpha value is -7.42. The molecule has 0 radical (unpaired) electrons. The molecule has 0 atom stereocenters. The van der Waals surface area contributed by atoms with Crippen molar-refractivity contribution >= 4 is 71.2 Å². The second-order valence-corrected chi connectivity index (χ2v) is 14.5. The highest BCUT2D eigenvalue weighted by Gasteiger charge is 2.17. The lowest BCUT2D eigenvalue weighted by molar-refractivity contribution is 1.17. The van der Waals surface area contributed by atoms with Crippen LogP contribution in [0.25, 0.3) is 82.1 Å². The van der Waals surface area contributed by atoms with Gasteiger partial charge in [0.05, 0.1) is 11.0 Å². The van der Waals surface area contributed by atoms with Crippen molar-refractivity contribution in [3.8, 4) is 27.9 Å². The molecule has 2 nitrogen and oxygen atoms in total. The van der Waals surface area contributed by atoms with Crippen LogP contribution in [0.1, 0.15) is 0 Å². The lowest BCUT2D eigenvalue weighted by Gasteiger charge is -2.27. The standard InChI is InChI=1S/C54H36N2/c1-2-13-37(14-3-1)39-15-12-16-40(35-39)38-25-27-41(28-26-38)55(44-33-34-49-47-19-5-4-17-45(47)46-18-6-7-20-48(46)52(49)36-44)42-29-31-43(32-30-42)56-53-23-10-8-21-50(53)51-22-9-11-24-54(51)56/h1-36H. The van der Waals surface area contributed by atoms with Crippen LogP contribution in [0, 0.1) is 0 Å². The summed E-state index contributed by atoms with van der Waals surface area (Å²) in [5.41, 5.74) is 11.7. The Kier molecular flexibility index (Phi) is 7.53. The van der Waals surface area contributed by atoms with E-state index in [1.54, 1.807) is 0 Å². The van der Waals surface area contributed by atoms with Crippen LogP contribution in [-0.2, 0) is 0 Å². The molecule has 11 aromatic rings. The highest BCUT2D eigenvalue weighted by Crippen LogP contribution is 2.42. The quantitative estimate of drug-likeness (QED) is 0.156. The first-order valence-corrected chi connectivity index (χ1v) is 19.3. The van der Waals surface area contributed by atoms with E-state index in [9.17, 15) is 0 Å². The second-order valence-electron chi connectivity index (χ2n) is 14.5. The molecule has 0 spiro atoms. The Morgan fingerprint density at radius 2 is 0.661 bits per heavy atom. The number of hydrogen-bond acceptors (Lipinski definition) is 1. The molecule has 2 heteroatoms. The Morgan fingerprint density at radius 3 is 1.23 bits per heavy atom. The van der Waals surface area contributed by atoms with Crippen LogP contribution in [0.4, 0.5) is 17.1 Å². The molecule has 0 aliphatic rings. The molecule has 0 aliphatic carbocycles. The molecule has 0 aliphatic heterocycles. The van der Waals surface area contributed by atoms with Gasteiger partial charge in [-0.15, -0.1) is 0 Å². The summed E-state index contributed by atoms with van der Waals surface area (Å²) in [5, 5.41) is 10.1. The van der Waals surface area contributed by atoms with Crippen LogP contribution >= 0.6 is 0 Å². The summed E-state index contributed by atoms with van der Waals surface area (Å²) in [6, 6.07) is 79.4. The Balaban J connectivity index is 1.07. The molecule has 11 rings (SSSR count). The van der Waals surface area contributed by atoms with Gasteiger partial charge < -0.3 is 9.47 Å². The van der Waals surface area contributed by atoms with Crippen molar-refractivity contribution in [2.75, 3.05) is 4.90 Å². The van der Waals surface area contributed by atoms with E-state index in [2.05, 4.69) is 228 Å². The highest BCUT2D eigenvalue weighted by atomic mass is 15.1. The molecule has 0 bridgehead atoms. The average molecular weight is 713 g/mol. The zero-order chi connectivity index (χ0) is 37.0. The van der Waals surface area contributed by atoms with Gasteiger partial charge in [0, 0.05) is 33.5 Å². The molecule has 1 aromatic heterocycles. The highest BCUT2D eigenvalue weighted by molar-refractivity contribution is 6.25. The summed E-state index contributed by atoms with van der Waals surface area (Å²) in [6.45, 7) is 0. The van der Waals surface area contributed by atoms with E-state index in [0.29, 0.717) is 0 Å². The number of anilines is 3. The summed E-state index contributed by atoms with van der Waals surface area (Å²) < 4.78 is 2.38. The summed E-state index contributed by atoms with van der Waals surface area (Å²) in [6.07, 6.45) is 0. The van der Waals surface area contributed by atoms with Crippen LogP contribution in [0.5, 0.6) is 0 Å². The van der Waals surface area contributed by atoms with Gasteiger partial charge in [-0.25, -0.2) is 0 Å². The Morgan fingerprint density at radius 1 is 0.250 bits per heavy atom. The van der Waals surface area contributed by atoms with E-state index in [1.807, 2.05) is 0 Å². The minimum Gasteiger partial charge on any atom is -0.310 e. The number of hydrogen-bond donors (Lipinski definition) is 0. The molecule has 0 N–H and O–H groups in total. The summed E-state index contributed by atoms with van der Waals surface area (Å²) >= 11 is 0. The Labute approximate surface area is 325 Å². The van der Waals surface area contributed by atoms with Gasteiger partial charge in [0.15, 0.2) is 0 Å². The zero-order valence-electron chi connectivity index (χ0n) is 30.7. The molecule has 0 amide bonds. The number of fused-ring (bicyclic) bond motifs is 9. The molecule has 10 aromatic carbocycles. The molecular formula is C54H36N2. The first-order chi connectivity index (χ1) is 27.8. The van der Waals surface area contributed by atoms with Crippen molar-refractivity contribution in [2.45, 2.75) is 0 Å². The largest absolute Gasteiger partial charge is 0.310 e. The average Bonchev–Trinajstić information content (AvgIpc) is 3.62. The first-order valence-electron chi connectivity index (χ1n) is 19.3. The van der Waals surface area contributed by atoms with Crippen LogP contribution in [0.15, 0.2) is 218 Å². The normalized spacial score (nSPS) is 11.6. The molecule has 0 unspecified atom stereocenters. The maximum absolute atomic E-state index is 2.39. The summed E-state index contributed by atoms with van der Waals surface area (Å²) in [5.74, 6) is 0. The lowest BCUT2D eigenvalue weighted by atomic mass is 9.94. The van der Waals surface area contributed by atoms with E-state index >= 15 is 0 Å². The third kappa shape index (κ3) is 5.26. The molecular weight excluding hydrogens is 677 g/mol. The SMILES string of the molecule is c1ccc(-c2cccc(-c3ccc(N(c4ccc(-n5c6ccccc6c6ccccc65)cc4)c4ccc5c6ccccc6c6ccccc6c5c4)cc3)c2)cc1. The smallest absolute Gasteiger partial charge is 0.0541 e. The van der Waals surface area contributed by atoms with Gasteiger partial charge in [-0.05, 0) is 121 Å². The van der Waals surface area contributed by atoms with Gasteiger partial charge in [0.2, 0.25) is 0 Å². The molecule has 0 saturated heterocycles. The maximum atomic E-state index is 2.39. The third-order valence-corrected chi connectivity index (χ3v) is 11.4. The first kappa shape index (κ1) is 32.0. The van der Waals surface area contributed by atoms with Gasteiger partial charge in [-0.3, -0.25) is 0 Å². The predicted molar refractivity (Wildman–Crippen MR) is 239 cm³/mol. The van der Waals surface area contributed by atoms with E-state index in [4.69, 9.17) is 0 Å². The van der Waals surface area contributed by atoms with Gasteiger partial charge >= 0.3 is 0 Å². The maximum Gasteiger partial charge on any atom is 0.0541 e. The van der Waals surface area contributed by atoms with Crippen LogP contribution in [0.3, 0.4) is 0 Å². The van der Waals surface area contributed by atoms with Crippen molar-refractivity contribution in [2.24, 2.45) is 0 Å². The van der Waals surface area contributed by atoms with Crippen molar-refractivity contribution in [1.29, 1.82) is 0 Å². The second kappa shape index (κ2) is 13.2. The number of nitrogens with zero attached hydrogens (tertiary/aromatic N) is 2. The number of para-hydroxylation sites is 2. The topological polar surface area (TPSA) is 8.17 Å².